The molecule has 1 unspecified atom stereocenters. The van der Waals surface area contributed by atoms with Crippen LogP contribution < -0.4 is 5.32 Å². The van der Waals surface area contributed by atoms with Gasteiger partial charge in [0.05, 0.1) is 10.7 Å². The largest absolute Gasteiger partial charge is 0.309 e. The van der Waals surface area contributed by atoms with Crippen LogP contribution in [0.3, 0.4) is 0 Å². The zero-order valence-corrected chi connectivity index (χ0v) is 13.6. The van der Waals surface area contributed by atoms with E-state index in [-0.39, 0.29) is 0 Å². The van der Waals surface area contributed by atoms with Gasteiger partial charge in [0, 0.05) is 36.3 Å². The molecule has 0 aliphatic heterocycles. The minimum atomic E-state index is 0.334. The molecule has 0 saturated heterocycles. The third-order valence-corrected chi connectivity index (χ3v) is 4.45. The van der Waals surface area contributed by atoms with Gasteiger partial charge in [-0.15, -0.1) is 11.3 Å². The summed E-state index contributed by atoms with van der Waals surface area (Å²) in [6.45, 7) is 7.43. The highest BCUT2D eigenvalue weighted by Crippen LogP contribution is 2.24. The van der Waals surface area contributed by atoms with Gasteiger partial charge in [0.2, 0.25) is 0 Å². The fraction of sp³-hybridized carbons (Fsp3) is 0.600. The molecule has 2 heterocycles. The average Bonchev–Trinajstić information content (AvgIpc) is 3.01. The Morgan fingerprint density at radius 2 is 2.20 bits per heavy atom. The molecule has 0 aliphatic rings. The Balaban J connectivity index is 2.16. The number of nitrogens with zero attached hydrogens (tertiary/aromatic N) is 3. The van der Waals surface area contributed by atoms with Crippen LogP contribution in [0.4, 0.5) is 0 Å². The molecule has 2 aromatic rings. The van der Waals surface area contributed by atoms with Crippen molar-refractivity contribution in [3.8, 4) is 0 Å². The van der Waals surface area contributed by atoms with E-state index in [1.54, 1.807) is 11.3 Å². The first-order valence-electron chi connectivity index (χ1n) is 7.31. The first kappa shape index (κ1) is 15.2. The number of rotatable bonds is 7. The number of hydrogen-bond acceptors (Lipinski definition) is 4. The van der Waals surface area contributed by atoms with E-state index in [9.17, 15) is 0 Å². The first-order chi connectivity index (χ1) is 9.63. The minimum Gasteiger partial charge on any atom is -0.309 e. The lowest BCUT2D eigenvalue weighted by atomic mass is 10.1. The molecule has 5 heteroatoms. The number of aromatic nitrogens is 3. The van der Waals surface area contributed by atoms with Crippen LogP contribution in [0.2, 0.25) is 0 Å². The van der Waals surface area contributed by atoms with Crippen LogP contribution in [-0.2, 0) is 19.9 Å². The molecule has 0 radical (unpaired) electrons. The minimum absolute atomic E-state index is 0.334. The van der Waals surface area contributed by atoms with Crippen molar-refractivity contribution in [1.29, 1.82) is 0 Å². The van der Waals surface area contributed by atoms with E-state index in [1.165, 1.54) is 10.6 Å². The summed E-state index contributed by atoms with van der Waals surface area (Å²) in [6, 6.07) is 2.55. The van der Waals surface area contributed by atoms with E-state index in [0.717, 1.165) is 36.5 Å². The van der Waals surface area contributed by atoms with E-state index >= 15 is 0 Å². The molecule has 0 aliphatic carbocycles. The maximum atomic E-state index is 4.54. The third-order valence-electron chi connectivity index (χ3n) is 3.43. The van der Waals surface area contributed by atoms with Gasteiger partial charge < -0.3 is 5.32 Å². The topological polar surface area (TPSA) is 42.7 Å². The lowest BCUT2D eigenvalue weighted by Gasteiger charge is -2.16. The van der Waals surface area contributed by atoms with Crippen molar-refractivity contribution in [2.75, 3.05) is 6.54 Å². The van der Waals surface area contributed by atoms with Crippen molar-refractivity contribution < 1.29 is 0 Å². The monoisotopic (exact) mass is 292 g/mol. The summed E-state index contributed by atoms with van der Waals surface area (Å²) in [5, 5.41) is 9.30. The molecule has 0 bridgehead atoms. The number of hydrogen-bond donors (Lipinski definition) is 1. The van der Waals surface area contributed by atoms with E-state index in [0.29, 0.717) is 6.04 Å². The number of aryl methyl sites for hydroxylation is 3. The van der Waals surface area contributed by atoms with Gasteiger partial charge in [-0.3, -0.25) is 4.68 Å². The van der Waals surface area contributed by atoms with Crippen molar-refractivity contribution >= 4 is 11.3 Å². The maximum absolute atomic E-state index is 4.54. The predicted molar refractivity (Wildman–Crippen MR) is 84.2 cm³/mol. The lowest BCUT2D eigenvalue weighted by molar-refractivity contribution is 0.518. The number of thiazole rings is 1. The molecule has 1 atom stereocenters. The van der Waals surface area contributed by atoms with Gasteiger partial charge in [0.25, 0.3) is 0 Å². The molecule has 0 amide bonds. The summed E-state index contributed by atoms with van der Waals surface area (Å²) in [7, 11) is 2.03. The van der Waals surface area contributed by atoms with Gasteiger partial charge in [0.15, 0.2) is 0 Å². The summed E-state index contributed by atoms with van der Waals surface area (Å²) in [4.78, 5) is 5.70. The Hall–Kier alpha value is -1.20. The Morgan fingerprint density at radius 3 is 2.75 bits per heavy atom. The van der Waals surface area contributed by atoms with Gasteiger partial charge in [-0.2, -0.15) is 5.10 Å². The molecule has 0 aromatic carbocycles. The summed E-state index contributed by atoms with van der Waals surface area (Å²) >= 11 is 1.78. The second-order valence-corrected chi connectivity index (χ2v) is 6.36. The van der Waals surface area contributed by atoms with Crippen LogP contribution in [0.5, 0.6) is 0 Å². The summed E-state index contributed by atoms with van der Waals surface area (Å²) in [5.41, 5.74) is 2.44. The van der Waals surface area contributed by atoms with Gasteiger partial charge >= 0.3 is 0 Å². The van der Waals surface area contributed by atoms with Gasteiger partial charge in [0.1, 0.15) is 0 Å². The summed E-state index contributed by atoms with van der Waals surface area (Å²) in [5.74, 6) is 0. The van der Waals surface area contributed by atoms with Gasteiger partial charge in [-0.05, 0) is 32.4 Å². The highest BCUT2D eigenvalue weighted by molar-refractivity contribution is 7.11. The third kappa shape index (κ3) is 3.67. The zero-order valence-electron chi connectivity index (χ0n) is 12.8. The van der Waals surface area contributed by atoms with Gasteiger partial charge in [-0.1, -0.05) is 13.8 Å². The normalized spacial score (nSPS) is 12.8. The Labute approximate surface area is 125 Å². The van der Waals surface area contributed by atoms with E-state index in [1.807, 2.05) is 17.9 Å². The molecule has 20 heavy (non-hydrogen) atoms. The Bertz CT molecular complexity index is 544. The quantitative estimate of drug-likeness (QED) is 0.853. The average molecular weight is 292 g/mol. The standard InChI is InChI=1S/C15H24N4S/c1-5-7-16-14(15-10-17-11(3)20-15)9-13-8-12(6-2)18-19(13)4/h8,10,14,16H,5-7,9H2,1-4H3. The molecule has 2 rings (SSSR count). The van der Waals surface area contributed by atoms with Gasteiger partial charge in [-0.25, -0.2) is 4.98 Å². The van der Waals surface area contributed by atoms with Crippen molar-refractivity contribution in [1.82, 2.24) is 20.1 Å². The summed E-state index contributed by atoms with van der Waals surface area (Å²) < 4.78 is 2.01. The van der Waals surface area contributed by atoms with E-state index < -0.39 is 0 Å². The fourth-order valence-electron chi connectivity index (χ4n) is 2.28. The van der Waals surface area contributed by atoms with Crippen molar-refractivity contribution in [2.45, 2.75) is 46.1 Å². The van der Waals surface area contributed by atoms with Crippen molar-refractivity contribution in [3.05, 3.63) is 33.5 Å². The fourth-order valence-corrected chi connectivity index (χ4v) is 3.14. The van der Waals surface area contributed by atoms with Crippen LogP contribution in [-0.4, -0.2) is 21.3 Å². The second kappa shape index (κ2) is 6.99. The molecule has 0 fully saturated rings. The number of nitrogens with one attached hydrogen (secondary N) is 1. The van der Waals surface area contributed by atoms with Crippen LogP contribution in [0.15, 0.2) is 12.3 Å². The van der Waals surface area contributed by atoms with Crippen LogP contribution in [0, 0.1) is 6.92 Å². The molecule has 2 aromatic heterocycles. The molecule has 4 nitrogen and oxygen atoms in total. The molecule has 1 N–H and O–H groups in total. The Morgan fingerprint density at radius 1 is 1.40 bits per heavy atom. The molecular formula is C15H24N4S. The second-order valence-electron chi connectivity index (χ2n) is 5.10. The van der Waals surface area contributed by atoms with Crippen LogP contribution >= 0.6 is 11.3 Å². The molecular weight excluding hydrogens is 268 g/mol. The van der Waals surface area contributed by atoms with E-state index in [2.05, 4.69) is 42.2 Å². The highest BCUT2D eigenvalue weighted by atomic mass is 32.1. The van der Waals surface area contributed by atoms with Crippen LogP contribution in [0.1, 0.15) is 47.6 Å². The Kier molecular flexibility index (Phi) is 5.31. The predicted octanol–water partition coefficient (Wildman–Crippen LogP) is 3.03. The smallest absolute Gasteiger partial charge is 0.0897 e. The lowest BCUT2D eigenvalue weighted by Crippen LogP contribution is -2.24. The maximum Gasteiger partial charge on any atom is 0.0897 e. The van der Waals surface area contributed by atoms with Crippen LogP contribution in [0.25, 0.3) is 0 Å². The molecule has 0 saturated carbocycles. The van der Waals surface area contributed by atoms with Crippen molar-refractivity contribution in [2.24, 2.45) is 7.05 Å². The first-order valence-corrected chi connectivity index (χ1v) is 8.13. The van der Waals surface area contributed by atoms with E-state index in [4.69, 9.17) is 0 Å². The summed E-state index contributed by atoms with van der Waals surface area (Å²) in [6.07, 6.45) is 5.09. The molecule has 0 spiro atoms. The zero-order chi connectivity index (χ0) is 14.5. The SMILES string of the molecule is CCCNC(Cc1cc(CC)nn1C)c1cnc(C)s1. The van der Waals surface area contributed by atoms with Crippen molar-refractivity contribution in [3.63, 3.8) is 0 Å². The molecule has 110 valence electrons. The highest BCUT2D eigenvalue weighted by Gasteiger charge is 2.16.